The Morgan fingerprint density at radius 1 is 1.20 bits per heavy atom. The lowest BCUT2D eigenvalue weighted by Crippen LogP contribution is -1.92. The second kappa shape index (κ2) is 7.58. The van der Waals surface area contributed by atoms with Crippen molar-refractivity contribution in [1.29, 1.82) is 0 Å². The van der Waals surface area contributed by atoms with E-state index in [1.54, 1.807) is 7.11 Å². The lowest BCUT2D eigenvalue weighted by Gasteiger charge is -2.03. The quantitative estimate of drug-likeness (QED) is 0.523. The Morgan fingerprint density at radius 3 is 2.75 bits per heavy atom. The lowest BCUT2D eigenvalue weighted by molar-refractivity contribution is 0.415. The fraction of sp³-hybridized carbons (Fsp3) is 0.562. The van der Waals surface area contributed by atoms with E-state index in [1.165, 1.54) is 32.1 Å². The summed E-state index contributed by atoms with van der Waals surface area (Å²) in [5.41, 5.74) is 2.18. The normalized spacial score (nSPS) is 11.2. The first-order valence-electron chi connectivity index (χ1n) is 7.39. The summed E-state index contributed by atoms with van der Waals surface area (Å²) in [6, 6.07) is 6.04. The number of fused-ring (bicyclic) bond motifs is 1. The smallest absolute Gasteiger partial charge is 0.168 e. The first kappa shape index (κ1) is 15.2. The van der Waals surface area contributed by atoms with Gasteiger partial charge in [0.2, 0.25) is 0 Å². The Balaban J connectivity index is 1.95. The van der Waals surface area contributed by atoms with Gasteiger partial charge < -0.3 is 9.30 Å². The maximum atomic E-state index is 5.27. The minimum absolute atomic E-state index is 0.886. The summed E-state index contributed by atoms with van der Waals surface area (Å²) >= 11 is 1.86. The number of rotatable bonds is 8. The fourth-order valence-corrected chi connectivity index (χ4v) is 3.26. The first-order valence-corrected chi connectivity index (χ1v) is 8.38. The summed E-state index contributed by atoms with van der Waals surface area (Å²) in [5.74, 6) is 2.04. The van der Waals surface area contributed by atoms with Gasteiger partial charge in [-0.3, -0.25) is 0 Å². The molecule has 1 aromatic carbocycles. The third kappa shape index (κ3) is 3.69. The Labute approximate surface area is 125 Å². The van der Waals surface area contributed by atoms with Crippen LogP contribution in [0.2, 0.25) is 0 Å². The summed E-state index contributed by atoms with van der Waals surface area (Å²) in [7, 11) is 3.78. The first-order chi connectivity index (χ1) is 9.76. The van der Waals surface area contributed by atoms with E-state index in [-0.39, 0.29) is 0 Å². The number of methoxy groups -OCH3 is 1. The van der Waals surface area contributed by atoms with Crippen LogP contribution in [0.5, 0.6) is 5.75 Å². The molecule has 0 aliphatic heterocycles. The van der Waals surface area contributed by atoms with Crippen LogP contribution in [-0.4, -0.2) is 22.4 Å². The van der Waals surface area contributed by atoms with Gasteiger partial charge in [0.05, 0.1) is 18.1 Å². The van der Waals surface area contributed by atoms with Crippen LogP contribution in [0.1, 0.15) is 39.0 Å². The average molecular weight is 292 g/mol. The molecule has 0 fully saturated rings. The van der Waals surface area contributed by atoms with Gasteiger partial charge in [-0.25, -0.2) is 4.98 Å². The topological polar surface area (TPSA) is 27.1 Å². The van der Waals surface area contributed by atoms with Gasteiger partial charge in [-0.1, -0.05) is 44.4 Å². The molecule has 20 heavy (non-hydrogen) atoms. The second-order valence-corrected chi connectivity index (χ2v) is 6.13. The molecule has 0 N–H and O–H groups in total. The van der Waals surface area contributed by atoms with Gasteiger partial charge in [-0.2, -0.15) is 0 Å². The highest BCUT2D eigenvalue weighted by molar-refractivity contribution is 7.99. The van der Waals surface area contributed by atoms with Gasteiger partial charge in [-0.05, 0) is 18.6 Å². The third-order valence-corrected chi connectivity index (χ3v) is 4.64. The molecule has 0 unspecified atom stereocenters. The van der Waals surface area contributed by atoms with Gasteiger partial charge in [0.25, 0.3) is 0 Å². The van der Waals surface area contributed by atoms with E-state index in [4.69, 9.17) is 9.72 Å². The van der Waals surface area contributed by atoms with Gasteiger partial charge in [-0.15, -0.1) is 0 Å². The van der Waals surface area contributed by atoms with Crippen LogP contribution in [0.4, 0.5) is 0 Å². The van der Waals surface area contributed by atoms with Crippen molar-refractivity contribution in [2.24, 2.45) is 7.05 Å². The molecule has 2 aromatic rings. The van der Waals surface area contributed by atoms with Crippen molar-refractivity contribution in [1.82, 2.24) is 9.55 Å². The Kier molecular flexibility index (Phi) is 5.77. The molecule has 110 valence electrons. The van der Waals surface area contributed by atoms with Crippen LogP contribution in [-0.2, 0) is 7.05 Å². The number of aromatic nitrogens is 2. The van der Waals surface area contributed by atoms with E-state index in [1.807, 2.05) is 30.0 Å². The highest BCUT2D eigenvalue weighted by atomic mass is 32.2. The molecule has 0 amide bonds. The Hall–Kier alpha value is -1.16. The maximum absolute atomic E-state index is 5.27. The van der Waals surface area contributed by atoms with Crippen LogP contribution in [0.15, 0.2) is 23.4 Å². The van der Waals surface area contributed by atoms with Gasteiger partial charge in [0.15, 0.2) is 5.16 Å². The number of imidazole rings is 1. The van der Waals surface area contributed by atoms with Crippen LogP contribution in [0.25, 0.3) is 11.0 Å². The molecule has 0 atom stereocenters. The zero-order valence-corrected chi connectivity index (χ0v) is 13.5. The van der Waals surface area contributed by atoms with Crippen LogP contribution in [0.3, 0.4) is 0 Å². The van der Waals surface area contributed by atoms with Crippen molar-refractivity contribution in [3.8, 4) is 5.75 Å². The van der Waals surface area contributed by atoms with E-state index < -0.39 is 0 Å². The number of nitrogens with zero attached hydrogens (tertiary/aromatic N) is 2. The Morgan fingerprint density at radius 2 is 2.00 bits per heavy atom. The summed E-state index contributed by atoms with van der Waals surface area (Å²) < 4.78 is 7.44. The van der Waals surface area contributed by atoms with Crippen molar-refractivity contribution < 1.29 is 4.74 Å². The van der Waals surface area contributed by atoms with Crippen molar-refractivity contribution >= 4 is 22.8 Å². The number of unbranched alkanes of at least 4 members (excludes halogenated alkanes) is 4. The standard InChI is InChI=1S/C16H24N2OS/c1-4-5-6-7-8-11-20-16-17-14-10-9-13(19-3)12-15(14)18(16)2/h9-10,12H,4-8,11H2,1-3H3. The lowest BCUT2D eigenvalue weighted by atomic mass is 10.2. The van der Waals surface area contributed by atoms with Gasteiger partial charge >= 0.3 is 0 Å². The van der Waals surface area contributed by atoms with Crippen molar-refractivity contribution in [2.75, 3.05) is 12.9 Å². The molecule has 0 spiro atoms. The van der Waals surface area contributed by atoms with Crippen molar-refractivity contribution in [3.05, 3.63) is 18.2 Å². The molecular weight excluding hydrogens is 268 g/mol. The van der Waals surface area contributed by atoms with Gasteiger partial charge in [0.1, 0.15) is 5.75 Å². The SMILES string of the molecule is CCCCCCCSc1nc2ccc(OC)cc2n1C. The van der Waals surface area contributed by atoms with E-state index in [0.29, 0.717) is 0 Å². The van der Waals surface area contributed by atoms with Crippen LogP contribution >= 0.6 is 11.8 Å². The van der Waals surface area contributed by atoms with Crippen LogP contribution < -0.4 is 4.74 Å². The third-order valence-electron chi connectivity index (χ3n) is 3.53. The fourth-order valence-electron chi connectivity index (χ4n) is 2.27. The maximum Gasteiger partial charge on any atom is 0.168 e. The number of thioether (sulfide) groups is 1. The molecule has 0 bridgehead atoms. The molecule has 0 aliphatic carbocycles. The molecule has 0 saturated carbocycles. The zero-order valence-electron chi connectivity index (χ0n) is 12.7. The van der Waals surface area contributed by atoms with E-state index in [0.717, 1.165) is 27.7 Å². The molecule has 4 heteroatoms. The highest BCUT2D eigenvalue weighted by Gasteiger charge is 2.08. The van der Waals surface area contributed by atoms with E-state index in [9.17, 15) is 0 Å². The summed E-state index contributed by atoms with van der Waals surface area (Å²) in [5, 5.41) is 1.10. The molecule has 3 nitrogen and oxygen atoms in total. The molecule has 0 saturated heterocycles. The molecule has 1 heterocycles. The summed E-state index contributed by atoms with van der Waals surface area (Å²) in [6.45, 7) is 2.25. The zero-order chi connectivity index (χ0) is 14.4. The number of hydrogen-bond donors (Lipinski definition) is 0. The van der Waals surface area contributed by atoms with Crippen molar-refractivity contribution in [3.63, 3.8) is 0 Å². The largest absolute Gasteiger partial charge is 0.497 e. The number of hydrogen-bond acceptors (Lipinski definition) is 3. The summed E-state index contributed by atoms with van der Waals surface area (Å²) in [4.78, 5) is 4.69. The molecule has 0 radical (unpaired) electrons. The van der Waals surface area contributed by atoms with E-state index in [2.05, 4.69) is 18.5 Å². The van der Waals surface area contributed by atoms with Crippen LogP contribution in [0, 0.1) is 0 Å². The number of aryl methyl sites for hydroxylation is 1. The highest BCUT2D eigenvalue weighted by Crippen LogP contribution is 2.26. The Bertz CT molecular complexity index is 551. The summed E-state index contributed by atoms with van der Waals surface area (Å²) in [6.07, 6.45) is 6.63. The van der Waals surface area contributed by atoms with Gasteiger partial charge in [0, 0.05) is 18.9 Å². The molecule has 0 aliphatic rings. The molecule has 1 aromatic heterocycles. The van der Waals surface area contributed by atoms with E-state index >= 15 is 0 Å². The van der Waals surface area contributed by atoms with Crippen molar-refractivity contribution in [2.45, 2.75) is 44.2 Å². The second-order valence-electron chi connectivity index (χ2n) is 5.07. The predicted molar refractivity (Wildman–Crippen MR) is 86.7 cm³/mol. The minimum atomic E-state index is 0.886. The average Bonchev–Trinajstić information content (AvgIpc) is 2.79. The molecule has 2 rings (SSSR count). The number of ether oxygens (including phenoxy) is 1. The predicted octanol–water partition coefficient (Wildman–Crippen LogP) is 4.64. The number of benzene rings is 1. The monoisotopic (exact) mass is 292 g/mol. The minimum Gasteiger partial charge on any atom is -0.497 e. The molecular formula is C16H24N2OS.